The molecule has 1 aromatic carbocycles. The largest absolute Gasteiger partial charge is 0.384 e. The van der Waals surface area contributed by atoms with Gasteiger partial charge in [-0.05, 0) is 19.1 Å². The van der Waals surface area contributed by atoms with Gasteiger partial charge in [-0.25, -0.2) is 9.67 Å². The van der Waals surface area contributed by atoms with Crippen LogP contribution < -0.4 is 22.3 Å². The zero-order valence-electron chi connectivity index (χ0n) is 15.2. The van der Waals surface area contributed by atoms with Gasteiger partial charge in [0.15, 0.2) is 11.5 Å². The molecule has 0 saturated heterocycles. The van der Waals surface area contributed by atoms with Crippen molar-refractivity contribution in [2.75, 3.05) is 16.8 Å². The Balaban J connectivity index is 1.89. The lowest BCUT2D eigenvalue weighted by atomic mass is 10.3. The normalized spacial score (nSPS) is 10.9. The van der Waals surface area contributed by atoms with Gasteiger partial charge in [0.2, 0.25) is 0 Å². The van der Waals surface area contributed by atoms with Crippen LogP contribution in [0.3, 0.4) is 0 Å². The van der Waals surface area contributed by atoms with Crippen LogP contribution in [0.15, 0.2) is 41.2 Å². The Kier molecular flexibility index (Phi) is 3.78. The molecule has 0 radical (unpaired) electrons. The van der Waals surface area contributed by atoms with Gasteiger partial charge in [-0.2, -0.15) is 9.78 Å². The van der Waals surface area contributed by atoms with Crippen molar-refractivity contribution >= 4 is 28.8 Å². The van der Waals surface area contributed by atoms with Crippen LogP contribution in [-0.4, -0.2) is 24.0 Å². The van der Waals surface area contributed by atoms with E-state index in [1.54, 1.807) is 18.7 Å². The molecule has 3 heterocycles. The van der Waals surface area contributed by atoms with Crippen LogP contribution in [0.1, 0.15) is 11.3 Å². The van der Waals surface area contributed by atoms with Gasteiger partial charge in [-0.1, -0.05) is 18.2 Å². The maximum atomic E-state index is 13.1. The van der Waals surface area contributed by atoms with E-state index in [9.17, 15) is 10.1 Å². The van der Waals surface area contributed by atoms with E-state index < -0.39 is 0 Å². The van der Waals surface area contributed by atoms with Gasteiger partial charge < -0.3 is 16.8 Å². The number of nitrogen functional groups attached to an aromatic ring is 2. The summed E-state index contributed by atoms with van der Waals surface area (Å²) in [5, 5.41) is 16.9. The molecule has 0 amide bonds. The van der Waals surface area contributed by atoms with Gasteiger partial charge in [0.1, 0.15) is 29.0 Å². The minimum absolute atomic E-state index is 0.146. The Hall–Kier alpha value is -4.26. The molecule has 10 nitrogen and oxygen atoms in total. The van der Waals surface area contributed by atoms with Crippen molar-refractivity contribution in [2.24, 2.45) is 7.05 Å². The zero-order valence-corrected chi connectivity index (χ0v) is 15.2. The first-order valence-electron chi connectivity index (χ1n) is 8.38. The maximum Gasteiger partial charge on any atom is 0.295 e. The van der Waals surface area contributed by atoms with E-state index in [1.165, 1.54) is 15.3 Å². The predicted octanol–water partition coefficient (Wildman–Crippen LogP) is 1.31. The molecule has 0 aliphatic rings. The fourth-order valence-electron chi connectivity index (χ4n) is 3.08. The second kappa shape index (κ2) is 6.17. The standard InChI is InChI=1S/C18H17N9O/c1-10-15(18(28)27(25(10)2)11-6-4-3-5-7-11)23-16-12(9-19)17-22-13(20)8-14(21)26(17)24-16/h3-8H,21H2,1-2H3,(H2,20,22)(H,23,24). The van der Waals surface area contributed by atoms with Crippen LogP contribution in [0.4, 0.5) is 23.1 Å². The molecule has 5 N–H and O–H groups in total. The summed E-state index contributed by atoms with van der Waals surface area (Å²) in [7, 11) is 1.78. The number of nitrogens with zero attached hydrogens (tertiary/aromatic N) is 6. The summed E-state index contributed by atoms with van der Waals surface area (Å²) in [5.74, 6) is 0.590. The van der Waals surface area contributed by atoms with E-state index >= 15 is 0 Å². The lowest BCUT2D eigenvalue weighted by Crippen LogP contribution is -2.20. The second-order valence-corrected chi connectivity index (χ2v) is 6.24. The van der Waals surface area contributed by atoms with Gasteiger partial charge in [-0.15, -0.1) is 5.10 Å². The van der Waals surface area contributed by atoms with Gasteiger partial charge >= 0.3 is 0 Å². The molecule has 0 saturated carbocycles. The van der Waals surface area contributed by atoms with E-state index in [2.05, 4.69) is 21.5 Å². The highest BCUT2D eigenvalue weighted by molar-refractivity contribution is 5.75. The molecule has 0 unspecified atom stereocenters. The lowest BCUT2D eigenvalue weighted by Gasteiger charge is -2.07. The fraction of sp³-hybridized carbons (Fsp3) is 0.111. The molecule has 28 heavy (non-hydrogen) atoms. The average Bonchev–Trinajstić information content (AvgIpc) is 3.12. The number of hydrogen-bond donors (Lipinski definition) is 3. The minimum Gasteiger partial charge on any atom is -0.384 e. The number of anilines is 4. The van der Waals surface area contributed by atoms with Crippen LogP contribution in [0.5, 0.6) is 0 Å². The highest BCUT2D eigenvalue weighted by atomic mass is 16.1. The van der Waals surface area contributed by atoms with E-state index in [0.717, 1.165) is 5.69 Å². The van der Waals surface area contributed by atoms with Gasteiger partial charge in [0, 0.05) is 13.1 Å². The van der Waals surface area contributed by atoms with Crippen LogP contribution in [0, 0.1) is 18.3 Å². The van der Waals surface area contributed by atoms with Crippen molar-refractivity contribution in [1.29, 1.82) is 5.26 Å². The molecule has 4 rings (SSSR count). The molecule has 10 heteroatoms. The maximum absolute atomic E-state index is 13.1. The smallest absolute Gasteiger partial charge is 0.295 e. The van der Waals surface area contributed by atoms with Crippen LogP contribution in [0.2, 0.25) is 0 Å². The topological polar surface area (TPSA) is 145 Å². The molecule has 0 spiro atoms. The summed E-state index contributed by atoms with van der Waals surface area (Å²) in [6, 6.07) is 12.8. The third-order valence-corrected chi connectivity index (χ3v) is 4.55. The molecule has 0 atom stereocenters. The molecule has 0 aliphatic heterocycles. The minimum atomic E-state index is -0.271. The SMILES string of the molecule is Cc1c(Nc2nn3c(N)cc(N)nc3c2C#N)c(=O)n(-c2ccccc2)n1C. The summed E-state index contributed by atoms with van der Waals surface area (Å²) in [6.07, 6.45) is 0. The fourth-order valence-corrected chi connectivity index (χ4v) is 3.08. The van der Waals surface area contributed by atoms with Crippen molar-refractivity contribution in [3.63, 3.8) is 0 Å². The summed E-state index contributed by atoms with van der Waals surface area (Å²) in [5.41, 5.74) is 13.5. The Morgan fingerprint density at radius 2 is 1.93 bits per heavy atom. The number of benzene rings is 1. The highest BCUT2D eigenvalue weighted by Crippen LogP contribution is 2.25. The molecule has 4 aromatic rings. The monoisotopic (exact) mass is 375 g/mol. The Morgan fingerprint density at radius 3 is 2.61 bits per heavy atom. The van der Waals surface area contributed by atoms with Crippen molar-refractivity contribution in [2.45, 2.75) is 6.92 Å². The van der Waals surface area contributed by atoms with E-state index in [0.29, 0.717) is 11.4 Å². The molecular formula is C18H17N9O. The van der Waals surface area contributed by atoms with Crippen LogP contribution in [-0.2, 0) is 7.05 Å². The summed E-state index contributed by atoms with van der Waals surface area (Å²) in [4.78, 5) is 17.2. The Labute approximate surface area is 159 Å². The third-order valence-electron chi connectivity index (χ3n) is 4.55. The molecule has 0 fully saturated rings. The predicted molar refractivity (Wildman–Crippen MR) is 106 cm³/mol. The van der Waals surface area contributed by atoms with Gasteiger partial charge in [-0.3, -0.25) is 9.48 Å². The summed E-state index contributed by atoms with van der Waals surface area (Å²) < 4.78 is 4.57. The molecular weight excluding hydrogens is 358 g/mol. The Bertz CT molecular complexity index is 1310. The summed E-state index contributed by atoms with van der Waals surface area (Å²) in [6.45, 7) is 1.80. The number of aromatic nitrogens is 5. The van der Waals surface area contributed by atoms with Gasteiger partial charge in [0.25, 0.3) is 5.56 Å². The van der Waals surface area contributed by atoms with E-state index in [1.807, 2.05) is 30.3 Å². The van der Waals surface area contributed by atoms with Crippen molar-refractivity contribution in [3.8, 4) is 11.8 Å². The lowest BCUT2D eigenvalue weighted by molar-refractivity contribution is 0.630. The number of fused-ring (bicyclic) bond motifs is 1. The van der Waals surface area contributed by atoms with Crippen molar-refractivity contribution in [3.05, 3.63) is 58.0 Å². The third kappa shape index (κ3) is 2.45. The number of rotatable bonds is 3. The van der Waals surface area contributed by atoms with Crippen LogP contribution in [0.25, 0.3) is 11.3 Å². The molecule has 140 valence electrons. The Morgan fingerprint density at radius 1 is 1.21 bits per heavy atom. The highest BCUT2D eigenvalue weighted by Gasteiger charge is 2.21. The first kappa shape index (κ1) is 17.2. The number of hydrogen-bond acceptors (Lipinski definition) is 7. The van der Waals surface area contributed by atoms with Crippen molar-refractivity contribution < 1.29 is 0 Å². The quantitative estimate of drug-likeness (QED) is 0.489. The van der Waals surface area contributed by atoms with Gasteiger partial charge in [0.05, 0.1) is 11.4 Å². The van der Waals surface area contributed by atoms with Crippen LogP contribution >= 0.6 is 0 Å². The average molecular weight is 375 g/mol. The first-order chi connectivity index (χ1) is 13.4. The molecule has 0 aliphatic carbocycles. The second-order valence-electron chi connectivity index (χ2n) is 6.24. The number of para-hydroxylation sites is 1. The number of nitrogens with two attached hydrogens (primary N) is 2. The van der Waals surface area contributed by atoms with Crippen molar-refractivity contribution in [1.82, 2.24) is 24.0 Å². The molecule has 0 bridgehead atoms. The number of nitrogens with one attached hydrogen (secondary N) is 1. The van der Waals surface area contributed by atoms with E-state index in [-0.39, 0.29) is 34.2 Å². The first-order valence-corrected chi connectivity index (χ1v) is 8.38. The number of nitriles is 1. The molecule has 3 aromatic heterocycles. The summed E-state index contributed by atoms with van der Waals surface area (Å²) >= 11 is 0. The van der Waals surface area contributed by atoms with E-state index in [4.69, 9.17) is 11.5 Å². The zero-order chi connectivity index (χ0) is 20.0.